The largest absolute Gasteiger partial charge is 0.395 e. The van der Waals surface area contributed by atoms with Gasteiger partial charge < -0.3 is 5.73 Å². The molecule has 0 saturated carbocycles. The predicted octanol–water partition coefficient (Wildman–Crippen LogP) is 0.873. The van der Waals surface area contributed by atoms with Gasteiger partial charge in [-0.15, -0.1) is 10.2 Å². The lowest BCUT2D eigenvalue weighted by Gasteiger charge is -2.07. The van der Waals surface area contributed by atoms with Gasteiger partial charge in [-0.05, 0) is 19.8 Å². The summed E-state index contributed by atoms with van der Waals surface area (Å²) >= 11 is 0. The van der Waals surface area contributed by atoms with E-state index >= 15 is 0 Å². The van der Waals surface area contributed by atoms with Crippen molar-refractivity contribution in [1.29, 1.82) is 0 Å². The Morgan fingerprint density at radius 3 is 2.43 bits per heavy atom. The van der Waals surface area contributed by atoms with Gasteiger partial charge in [-0.3, -0.25) is 14.8 Å². The van der Waals surface area contributed by atoms with Crippen molar-refractivity contribution in [2.24, 2.45) is 7.05 Å². The fourth-order valence-corrected chi connectivity index (χ4v) is 2.10. The molecule has 0 radical (unpaired) electrons. The average molecular weight is 289 g/mol. The lowest BCUT2D eigenvalue weighted by atomic mass is 10.2. The van der Waals surface area contributed by atoms with Crippen molar-refractivity contribution < 1.29 is 4.79 Å². The number of carbonyl (C=O) groups is 1. The molecule has 0 fully saturated rings. The van der Waals surface area contributed by atoms with Gasteiger partial charge in [0.25, 0.3) is 5.91 Å². The molecule has 112 valence electrons. The van der Waals surface area contributed by atoms with Crippen molar-refractivity contribution in [2.75, 3.05) is 11.1 Å². The van der Waals surface area contributed by atoms with E-state index in [1.165, 1.54) is 4.68 Å². The van der Waals surface area contributed by atoms with Gasteiger partial charge >= 0.3 is 0 Å². The van der Waals surface area contributed by atoms with Gasteiger partial charge in [0, 0.05) is 7.05 Å². The number of nitrogens with one attached hydrogen (secondary N) is 1. The molecular formula is C13H19N7O. The summed E-state index contributed by atoms with van der Waals surface area (Å²) in [6.07, 6.45) is 1.49. The molecule has 0 aromatic carbocycles. The Hall–Kier alpha value is -2.51. The van der Waals surface area contributed by atoms with Crippen LogP contribution in [0.3, 0.4) is 0 Å². The molecule has 3 N–H and O–H groups in total. The van der Waals surface area contributed by atoms with Crippen molar-refractivity contribution in [2.45, 2.75) is 33.6 Å². The minimum Gasteiger partial charge on any atom is -0.395 e. The van der Waals surface area contributed by atoms with Crippen LogP contribution in [0.4, 0.5) is 11.6 Å². The molecule has 0 unspecified atom stereocenters. The van der Waals surface area contributed by atoms with Gasteiger partial charge in [-0.1, -0.05) is 13.8 Å². The first-order valence-electron chi connectivity index (χ1n) is 6.80. The molecule has 2 heterocycles. The second-order valence-electron chi connectivity index (χ2n) is 4.66. The molecule has 0 saturated heterocycles. The molecule has 8 heteroatoms. The lowest BCUT2D eigenvalue weighted by Crippen LogP contribution is -2.20. The van der Waals surface area contributed by atoms with Crippen LogP contribution in [-0.2, 0) is 19.9 Å². The minimum atomic E-state index is -0.399. The molecule has 0 atom stereocenters. The smallest absolute Gasteiger partial charge is 0.278 e. The van der Waals surface area contributed by atoms with Crippen LogP contribution in [0.25, 0.3) is 0 Å². The molecule has 8 nitrogen and oxygen atoms in total. The molecule has 21 heavy (non-hydrogen) atoms. The van der Waals surface area contributed by atoms with Crippen LogP contribution in [0.2, 0.25) is 0 Å². The Kier molecular flexibility index (Phi) is 4.15. The number of anilines is 2. The van der Waals surface area contributed by atoms with Crippen LogP contribution in [0.5, 0.6) is 0 Å². The number of nitrogen functional groups attached to an aromatic ring is 1. The number of amides is 1. The van der Waals surface area contributed by atoms with E-state index in [0.29, 0.717) is 11.4 Å². The Balaban J connectivity index is 2.27. The maximum absolute atomic E-state index is 12.3. The summed E-state index contributed by atoms with van der Waals surface area (Å²) in [6, 6.07) is 0. The Morgan fingerprint density at radius 2 is 1.90 bits per heavy atom. The van der Waals surface area contributed by atoms with Crippen LogP contribution < -0.4 is 11.1 Å². The Labute approximate surface area is 122 Å². The highest BCUT2D eigenvalue weighted by molar-refractivity contribution is 6.05. The van der Waals surface area contributed by atoms with Crippen LogP contribution >= 0.6 is 0 Å². The van der Waals surface area contributed by atoms with Gasteiger partial charge in [-0.2, -0.15) is 5.10 Å². The molecule has 0 spiro atoms. The summed E-state index contributed by atoms with van der Waals surface area (Å²) in [7, 11) is 1.66. The van der Waals surface area contributed by atoms with E-state index in [-0.39, 0.29) is 11.6 Å². The normalized spacial score (nSPS) is 10.7. The summed E-state index contributed by atoms with van der Waals surface area (Å²) in [4.78, 5) is 16.6. The van der Waals surface area contributed by atoms with Gasteiger partial charge in [-0.25, -0.2) is 4.98 Å². The molecular weight excluding hydrogens is 270 g/mol. The highest BCUT2D eigenvalue weighted by Gasteiger charge is 2.19. The number of nitrogens with zero attached hydrogens (tertiary/aromatic N) is 5. The minimum absolute atomic E-state index is 0.173. The summed E-state index contributed by atoms with van der Waals surface area (Å²) in [5.74, 6) is -0.226. The number of aromatic nitrogens is 5. The van der Waals surface area contributed by atoms with Crippen molar-refractivity contribution in [3.05, 3.63) is 22.8 Å². The molecule has 1 amide bonds. The topological polar surface area (TPSA) is 112 Å². The average Bonchev–Trinajstić information content (AvgIpc) is 2.71. The SMILES string of the molecule is CCc1nnc(NC(=O)c2c(N)c(C)nn2C)nc1CC. The molecule has 2 rings (SSSR count). The number of carbonyl (C=O) groups excluding carboxylic acids is 1. The number of hydrogen-bond acceptors (Lipinski definition) is 6. The zero-order valence-electron chi connectivity index (χ0n) is 12.6. The van der Waals surface area contributed by atoms with Crippen LogP contribution in [-0.4, -0.2) is 30.9 Å². The molecule has 2 aromatic rings. The maximum Gasteiger partial charge on any atom is 0.278 e. The van der Waals surface area contributed by atoms with Crippen molar-refractivity contribution in [1.82, 2.24) is 25.0 Å². The Morgan fingerprint density at radius 1 is 1.24 bits per heavy atom. The lowest BCUT2D eigenvalue weighted by molar-refractivity contribution is 0.101. The number of nitrogens with two attached hydrogens (primary N) is 1. The van der Waals surface area contributed by atoms with Gasteiger partial charge in [0.2, 0.25) is 5.95 Å². The highest BCUT2D eigenvalue weighted by Crippen LogP contribution is 2.16. The summed E-state index contributed by atoms with van der Waals surface area (Å²) in [6.45, 7) is 5.72. The fourth-order valence-electron chi connectivity index (χ4n) is 2.10. The second-order valence-corrected chi connectivity index (χ2v) is 4.66. The zero-order chi connectivity index (χ0) is 15.6. The van der Waals surface area contributed by atoms with Gasteiger partial charge in [0.05, 0.1) is 22.8 Å². The van der Waals surface area contributed by atoms with E-state index in [9.17, 15) is 4.79 Å². The van der Waals surface area contributed by atoms with Crippen LogP contribution in [0.1, 0.15) is 41.4 Å². The molecule has 0 aliphatic carbocycles. The molecule has 0 aliphatic heterocycles. The number of aryl methyl sites for hydroxylation is 4. The zero-order valence-corrected chi connectivity index (χ0v) is 12.6. The second kappa shape index (κ2) is 5.86. The van der Waals surface area contributed by atoms with Crippen molar-refractivity contribution in [3.63, 3.8) is 0 Å². The molecule has 0 aliphatic rings. The monoisotopic (exact) mass is 289 g/mol. The van der Waals surface area contributed by atoms with Crippen molar-refractivity contribution >= 4 is 17.5 Å². The third-order valence-electron chi connectivity index (χ3n) is 3.22. The number of hydrogen-bond donors (Lipinski definition) is 2. The van der Waals surface area contributed by atoms with E-state index in [0.717, 1.165) is 24.2 Å². The third-order valence-corrected chi connectivity index (χ3v) is 3.22. The van der Waals surface area contributed by atoms with Crippen LogP contribution in [0, 0.1) is 6.92 Å². The quantitative estimate of drug-likeness (QED) is 0.864. The summed E-state index contributed by atoms with van der Waals surface area (Å²) in [5.41, 5.74) is 8.77. The fraction of sp³-hybridized carbons (Fsp3) is 0.462. The first kappa shape index (κ1) is 14.9. The standard InChI is InChI=1S/C13H19N7O/c1-5-8-9(6-2)17-18-13(15-8)16-12(21)11-10(14)7(3)19-20(11)4/h5-6,14H2,1-4H3,(H,15,16,18,21). The van der Waals surface area contributed by atoms with Gasteiger partial charge in [0.15, 0.2) is 0 Å². The van der Waals surface area contributed by atoms with E-state index in [2.05, 4.69) is 25.6 Å². The maximum atomic E-state index is 12.3. The van der Waals surface area contributed by atoms with E-state index in [4.69, 9.17) is 5.73 Å². The first-order chi connectivity index (χ1) is 9.97. The van der Waals surface area contributed by atoms with Crippen molar-refractivity contribution in [3.8, 4) is 0 Å². The van der Waals surface area contributed by atoms with E-state index in [1.54, 1.807) is 14.0 Å². The Bertz CT molecular complexity index is 677. The highest BCUT2D eigenvalue weighted by atomic mass is 16.2. The number of rotatable bonds is 4. The van der Waals surface area contributed by atoms with Gasteiger partial charge in [0.1, 0.15) is 5.69 Å². The first-order valence-corrected chi connectivity index (χ1v) is 6.80. The molecule has 2 aromatic heterocycles. The summed E-state index contributed by atoms with van der Waals surface area (Å²) in [5, 5.41) is 14.7. The van der Waals surface area contributed by atoms with E-state index < -0.39 is 5.91 Å². The predicted molar refractivity (Wildman–Crippen MR) is 78.9 cm³/mol. The van der Waals surface area contributed by atoms with E-state index in [1.807, 2.05) is 13.8 Å². The summed E-state index contributed by atoms with van der Waals surface area (Å²) < 4.78 is 1.44. The third kappa shape index (κ3) is 2.83. The van der Waals surface area contributed by atoms with Crippen LogP contribution in [0.15, 0.2) is 0 Å². The molecule has 0 bridgehead atoms.